The fraction of sp³-hybridized carbons (Fsp3) is 0.451. The van der Waals surface area contributed by atoms with Crippen LogP contribution in [0.5, 0.6) is 11.5 Å². The normalized spacial score (nSPS) is 14.8. The van der Waals surface area contributed by atoms with Crippen LogP contribution >= 0.6 is 0 Å². The summed E-state index contributed by atoms with van der Waals surface area (Å²) in [7, 11) is 1.35. The van der Waals surface area contributed by atoms with Crippen molar-refractivity contribution in [3.63, 3.8) is 0 Å². The Morgan fingerprint density at radius 1 is 0.656 bits per heavy atom. The van der Waals surface area contributed by atoms with Gasteiger partial charge < -0.3 is 38.1 Å². The fourth-order valence-electron chi connectivity index (χ4n) is 8.26. The van der Waals surface area contributed by atoms with Crippen LogP contribution in [-0.2, 0) is 44.9 Å². The maximum atomic E-state index is 12.5. The van der Waals surface area contributed by atoms with E-state index in [2.05, 4.69) is 61.1 Å². The molecule has 6 heterocycles. The number of amides is 2. The van der Waals surface area contributed by atoms with E-state index >= 15 is 0 Å². The first-order valence-corrected chi connectivity index (χ1v) is 22.7. The number of nitrogens with zero attached hydrogens (tertiary/aromatic N) is 4. The zero-order valence-corrected chi connectivity index (χ0v) is 38.3. The fourth-order valence-corrected chi connectivity index (χ4v) is 8.26. The first kappa shape index (κ1) is 46.1. The molecule has 2 aliphatic heterocycles. The molecule has 340 valence electrons. The zero-order valence-electron chi connectivity index (χ0n) is 38.3. The molecule has 2 fully saturated rings. The van der Waals surface area contributed by atoms with Gasteiger partial charge in [0.25, 0.3) is 0 Å². The third kappa shape index (κ3) is 12.2. The van der Waals surface area contributed by atoms with Gasteiger partial charge in [0.1, 0.15) is 22.8 Å². The van der Waals surface area contributed by atoms with E-state index in [1.165, 1.54) is 29.6 Å². The molecule has 64 heavy (non-hydrogen) atoms. The Kier molecular flexibility index (Phi) is 15.6. The molecular formula is C51H64N6O7. The van der Waals surface area contributed by atoms with E-state index in [1.807, 2.05) is 71.0 Å². The van der Waals surface area contributed by atoms with Crippen LogP contribution in [-0.4, -0.2) is 77.9 Å². The van der Waals surface area contributed by atoms with Gasteiger partial charge in [-0.15, -0.1) is 0 Å². The third-order valence-electron chi connectivity index (χ3n) is 11.8. The highest BCUT2D eigenvalue weighted by Crippen LogP contribution is 2.30. The lowest BCUT2D eigenvalue weighted by molar-refractivity contribution is -0.123. The smallest absolute Gasteiger partial charge is 0.411 e. The molecule has 0 spiro atoms. The van der Waals surface area contributed by atoms with Crippen molar-refractivity contribution in [2.75, 3.05) is 57.4 Å². The second-order valence-electron chi connectivity index (χ2n) is 17.7. The molecule has 2 amide bonds. The number of rotatable bonds is 14. The highest BCUT2D eigenvalue weighted by molar-refractivity contribution is 5.96. The highest BCUT2D eigenvalue weighted by atomic mass is 16.5. The minimum atomic E-state index is -0.502. The molecule has 0 aliphatic carbocycles. The molecule has 2 aromatic carbocycles. The van der Waals surface area contributed by atoms with E-state index in [0.717, 1.165) is 117 Å². The van der Waals surface area contributed by atoms with Crippen molar-refractivity contribution in [1.82, 2.24) is 19.1 Å². The Labute approximate surface area is 376 Å². The molecule has 13 heteroatoms. The maximum absolute atomic E-state index is 12.5. The summed E-state index contributed by atoms with van der Waals surface area (Å²) in [6, 6.07) is 24.9. The van der Waals surface area contributed by atoms with Crippen molar-refractivity contribution >= 4 is 45.4 Å². The predicted molar refractivity (Wildman–Crippen MR) is 251 cm³/mol. The van der Waals surface area contributed by atoms with Crippen molar-refractivity contribution in [3.8, 4) is 11.5 Å². The van der Waals surface area contributed by atoms with Crippen LogP contribution in [0.25, 0.3) is 22.1 Å². The number of anilines is 2. The van der Waals surface area contributed by atoms with E-state index in [0.29, 0.717) is 30.7 Å². The summed E-state index contributed by atoms with van der Waals surface area (Å²) in [6.07, 6.45) is 8.82. The number of benzene rings is 2. The van der Waals surface area contributed by atoms with Crippen LogP contribution in [0.2, 0.25) is 0 Å². The maximum Gasteiger partial charge on any atom is 0.411 e. The molecule has 2 N–H and O–H groups in total. The van der Waals surface area contributed by atoms with Crippen LogP contribution in [0.1, 0.15) is 82.8 Å². The summed E-state index contributed by atoms with van der Waals surface area (Å²) in [4.78, 5) is 33.5. The number of hydrogen-bond acceptors (Lipinski definition) is 9. The number of hydrogen-bond donors (Lipinski definition) is 2. The number of ether oxygens (including phenoxy) is 5. The Bertz CT molecular complexity index is 2460. The average molecular weight is 873 g/mol. The molecule has 2 aliphatic rings. The third-order valence-corrected chi connectivity index (χ3v) is 11.8. The summed E-state index contributed by atoms with van der Waals surface area (Å²) in [5.74, 6) is 2.91. The number of aromatic nitrogens is 4. The van der Waals surface area contributed by atoms with Crippen LogP contribution in [0.3, 0.4) is 0 Å². The number of pyridine rings is 2. The molecule has 4 aromatic heterocycles. The molecule has 0 bridgehead atoms. The molecule has 0 unspecified atom stereocenters. The van der Waals surface area contributed by atoms with E-state index < -0.39 is 11.5 Å². The number of nitrogens with one attached hydrogen (secondary N) is 2. The van der Waals surface area contributed by atoms with Crippen molar-refractivity contribution in [2.24, 2.45) is 17.3 Å². The average Bonchev–Trinajstić information content (AvgIpc) is 3.80. The van der Waals surface area contributed by atoms with Crippen molar-refractivity contribution in [3.05, 3.63) is 108 Å². The van der Waals surface area contributed by atoms with Gasteiger partial charge in [-0.2, -0.15) is 0 Å². The largest absolute Gasteiger partial charge is 0.494 e. The van der Waals surface area contributed by atoms with Crippen molar-refractivity contribution in [2.45, 2.75) is 86.2 Å². The lowest BCUT2D eigenvalue weighted by atomic mass is 9.95. The van der Waals surface area contributed by atoms with Crippen molar-refractivity contribution < 1.29 is 33.3 Å². The quantitative estimate of drug-likeness (QED) is 0.109. The number of carbonyl (C=O) groups excluding carboxylic acids is 2. The Hall–Kier alpha value is -5.92. The number of carbonyl (C=O) groups is 2. The first-order valence-electron chi connectivity index (χ1n) is 22.7. The van der Waals surface area contributed by atoms with Crippen molar-refractivity contribution in [1.29, 1.82) is 0 Å². The Morgan fingerprint density at radius 2 is 1.08 bits per heavy atom. The Balaban J connectivity index is 0.000000192. The van der Waals surface area contributed by atoms with Crippen LogP contribution < -0.4 is 20.1 Å². The second kappa shape index (κ2) is 21.6. The molecular weight excluding hydrogens is 809 g/mol. The van der Waals surface area contributed by atoms with E-state index in [-0.39, 0.29) is 5.91 Å². The lowest BCUT2D eigenvalue weighted by Crippen LogP contribution is -2.27. The highest BCUT2D eigenvalue weighted by Gasteiger charge is 2.23. The zero-order chi connectivity index (χ0) is 45.1. The predicted octanol–water partition coefficient (Wildman–Crippen LogP) is 10.1. The molecule has 8 rings (SSSR count). The van der Waals surface area contributed by atoms with Crippen LogP contribution in [0.15, 0.2) is 85.2 Å². The van der Waals surface area contributed by atoms with Gasteiger partial charge >= 0.3 is 6.09 Å². The van der Waals surface area contributed by atoms with Gasteiger partial charge in [0.05, 0.1) is 44.1 Å². The SMILES string of the molecule is CCOc1ccc(Cc2cc3cc(NC(=O)C(C)(C)C)cnc3n2CC2CCOCC2)cc1.CCOc1ccc(Cc2cc3cc(NC(=O)OC)cnc3n2CC2CCOCC2)cc1. The molecule has 13 nitrogen and oxygen atoms in total. The monoisotopic (exact) mass is 872 g/mol. The van der Waals surface area contributed by atoms with Gasteiger partial charge in [0.2, 0.25) is 5.91 Å². The molecule has 0 radical (unpaired) electrons. The minimum Gasteiger partial charge on any atom is -0.494 e. The van der Waals surface area contributed by atoms with E-state index in [1.54, 1.807) is 12.4 Å². The summed E-state index contributed by atoms with van der Waals surface area (Å²) in [6.45, 7) is 16.2. The second-order valence-corrected chi connectivity index (χ2v) is 17.7. The summed E-state index contributed by atoms with van der Waals surface area (Å²) < 4.78 is 31.6. The van der Waals surface area contributed by atoms with E-state index in [4.69, 9.17) is 28.7 Å². The summed E-state index contributed by atoms with van der Waals surface area (Å²) in [5.41, 5.74) is 7.68. The van der Waals surface area contributed by atoms with Crippen LogP contribution in [0.4, 0.5) is 16.2 Å². The molecule has 0 saturated carbocycles. The summed E-state index contributed by atoms with van der Waals surface area (Å²) in [5, 5.41) is 7.76. The Morgan fingerprint density at radius 3 is 1.47 bits per heavy atom. The number of fused-ring (bicyclic) bond motifs is 2. The molecule has 6 aromatic rings. The molecule has 0 atom stereocenters. The first-order chi connectivity index (χ1) is 31.0. The number of methoxy groups -OCH3 is 1. The molecule has 2 saturated heterocycles. The van der Waals surface area contributed by atoms with Gasteiger partial charge in [-0.05, 0) is 111 Å². The van der Waals surface area contributed by atoms with Gasteiger partial charge in [-0.3, -0.25) is 10.1 Å². The summed E-state index contributed by atoms with van der Waals surface area (Å²) >= 11 is 0. The van der Waals surface area contributed by atoms with E-state index in [9.17, 15) is 9.59 Å². The topological polar surface area (TPSA) is 140 Å². The lowest BCUT2D eigenvalue weighted by Gasteiger charge is -2.24. The van der Waals surface area contributed by atoms with Gasteiger partial charge in [-0.1, -0.05) is 45.0 Å². The van der Waals surface area contributed by atoms with Gasteiger partial charge in [0, 0.05) is 79.9 Å². The van der Waals surface area contributed by atoms with Gasteiger partial charge in [-0.25, -0.2) is 14.8 Å². The van der Waals surface area contributed by atoms with Crippen LogP contribution in [0, 0.1) is 17.3 Å². The van der Waals surface area contributed by atoms with Gasteiger partial charge in [0.15, 0.2) is 0 Å². The minimum absolute atomic E-state index is 0.0140. The standard InChI is InChI=1S/C27H35N3O3.C24H29N3O4/c1-5-33-24-8-6-19(7-9-24)14-23-16-21-15-22(29-26(31)27(2,3)4)17-28-25(21)30(23)18-20-10-12-32-13-11-20;1-3-31-22-6-4-17(5-7-22)12-21-14-19-13-20(26-24(28)29-2)15-25-23(19)27(21)16-18-8-10-30-11-9-18/h6-9,15-17,20H,5,10-14,18H2,1-4H3,(H,29,31);4-7,13-15,18H,3,8-12,16H2,1-2H3,(H,26,28).